The molecule has 2 atom stereocenters. The average molecular weight is 557 g/mol. The molecule has 3 saturated heterocycles. The van der Waals surface area contributed by atoms with Crippen LogP contribution < -0.4 is 15.5 Å². The minimum atomic E-state index is -2.82. The number of nitrogens with zero attached hydrogens (tertiary/aromatic N) is 6. The van der Waals surface area contributed by atoms with Gasteiger partial charge >= 0.3 is 0 Å². The number of anilines is 2. The Balaban J connectivity index is 1.05. The lowest BCUT2D eigenvalue weighted by Gasteiger charge is -2.33. The van der Waals surface area contributed by atoms with Crippen LogP contribution in [0.2, 0.25) is 0 Å². The Labute approximate surface area is 230 Å². The summed E-state index contributed by atoms with van der Waals surface area (Å²) in [7, 11) is 0. The van der Waals surface area contributed by atoms with E-state index in [4.69, 9.17) is 14.5 Å². The van der Waals surface area contributed by atoms with E-state index >= 15 is 0 Å². The van der Waals surface area contributed by atoms with E-state index in [1.165, 1.54) is 16.9 Å². The number of carbonyl (C=O) groups is 1. The fraction of sp³-hybridized carbons (Fsp3) is 0.630. The highest BCUT2D eigenvalue weighted by molar-refractivity contribution is 6.08. The van der Waals surface area contributed by atoms with Crippen LogP contribution in [0.5, 0.6) is 0 Å². The van der Waals surface area contributed by atoms with Crippen LogP contribution in [0.1, 0.15) is 73.5 Å². The summed E-state index contributed by atoms with van der Waals surface area (Å²) < 4.78 is 43.1. The standard InChI is InChI=1S/C27H34F2N8O3/c28-25(29)24-22(14-37(34-24)16-1-3-18(4-2-16)40-19-5-8-30-9-6-19)32-27(38)21-12-31-36-10-7-23(33-26(21)36)35-13-20-11-17(35)15-39-20/h7,10,12,14,16-20,25,30H,1-6,8-9,11,13,15H2,(H,32,38)/t16?,17-,18?,20-/m1/s1. The number of amides is 1. The number of carbonyl (C=O) groups excluding carboxylic acids is 1. The number of hydrogen-bond donors (Lipinski definition) is 2. The van der Waals surface area contributed by atoms with Crippen LogP contribution in [0.3, 0.4) is 0 Å². The quantitative estimate of drug-likeness (QED) is 0.456. The van der Waals surface area contributed by atoms with Crippen molar-refractivity contribution in [2.45, 2.75) is 81.8 Å². The molecule has 214 valence electrons. The van der Waals surface area contributed by atoms with Crippen molar-refractivity contribution in [3.8, 4) is 0 Å². The van der Waals surface area contributed by atoms with Gasteiger partial charge in [-0.15, -0.1) is 0 Å². The van der Waals surface area contributed by atoms with Crippen LogP contribution in [0.15, 0.2) is 24.7 Å². The smallest absolute Gasteiger partial charge is 0.284 e. The number of rotatable bonds is 7. The Hall–Kier alpha value is -3.16. The van der Waals surface area contributed by atoms with Crippen molar-refractivity contribution in [1.82, 2.24) is 29.7 Å². The monoisotopic (exact) mass is 556 g/mol. The maximum Gasteiger partial charge on any atom is 0.284 e. The Morgan fingerprint density at radius 2 is 1.93 bits per heavy atom. The van der Waals surface area contributed by atoms with Crippen molar-refractivity contribution < 1.29 is 23.0 Å². The van der Waals surface area contributed by atoms with Crippen LogP contribution in [0.25, 0.3) is 5.65 Å². The second kappa shape index (κ2) is 10.7. The number of hydrogen-bond acceptors (Lipinski definition) is 8. The van der Waals surface area contributed by atoms with Crippen molar-refractivity contribution in [1.29, 1.82) is 0 Å². The van der Waals surface area contributed by atoms with Gasteiger partial charge in [0.2, 0.25) is 0 Å². The van der Waals surface area contributed by atoms with E-state index < -0.39 is 18.0 Å². The van der Waals surface area contributed by atoms with Crippen LogP contribution in [-0.2, 0) is 9.47 Å². The number of piperidine rings is 1. The molecule has 0 radical (unpaired) electrons. The first kappa shape index (κ1) is 25.8. The summed E-state index contributed by atoms with van der Waals surface area (Å²) in [6, 6.07) is 2.12. The van der Waals surface area contributed by atoms with E-state index in [-0.39, 0.29) is 35.5 Å². The van der Waals surface area contributed by atoms with Crippen molar-refractivity contribution in [2.75, 3.05) is 36.5 Å². The number of nitrogens with one attached hydrogen (secondary N) is 2. The minimum Gasteiger partial charge on any atom is -0.375 e. The molecule has 1 aliphatic carbocycles. The number of aromatic nitrogens is 5. The van der Waals surface area contributed by atoms with Gasteiger partial charge in [-0.2, -0.15) is 10.2 Å². The third-order valence-electron chi connectivity index (χ3n) is 8.70. The highest BCUT2D eigenvalue weighted by Gasteiger charge is 2.40. The van der Waals surface area contributed by atoms with Gasteiger partial charge in [0.05, 0.1) is 48.9 Å². The lowest BCUT2D eigenvalue weighted by Crippen LogP contribution is -2.37. The second-order valence-electron chi connectivity index (χ2n) is 11.3. The molecule has 2 N–H and O–H groups in total. The van der Waals surface area contributed by atoms with Crippen LogP contribution >= 0.6 is 0 Å². The molecular weight excluding hydrogens is 522 g/mol. The fourth-order valence-corrected chi connectivity index (χ4v) is 6.55. The second-order valence-corrected chi connectivity index (χ2v) is 11.3. The summed E-state index contributed by atoms with van der Waals surface area (Å²) in [6.45, 7) is 3.39. The van der Waals surface area contributed by atoms with E-state index in [9.17, 15) is 13.6 Å². The highest BCUT2D eigenvalue weighted by Crippen LogP contribution is 2.35. The van der Waals surface area contributed by atoms with Crippen LogP contribution in [-0.4, -0.2) is 80.9 Å². The summed E-state index contributed by atoms with van der Waals surface area (Å²) in [5.41, 5.74) is 0.167. The summed E-state index contributed by atoms with van der Waals surface area (Å²) in [5, 5.41) is 14.5. The summed E-state index contributed by atoms with van der Waals surface area (Å²) in [6.07, 6.45) is 8.90. The first-order chi connectivity index (χ1) is 19.5. The van der Waals surface area contributed by atoms with Gasteiger partial charge < -0.3 is 25.0 Å². The fourth-order valence-electron chi connectivity index (χ4n) is 6.55. The average Bonchev–Trinajstić information content (AvgIpc) is 3.77. The Morgan fingerprint density at radius 1 is 1.12 bits per heavy atom. The third-order valence-corrected chi connectivity index (χ3v) is 8.70. The first-order valence-electron chi connectivity index (χ1n) is 14.3. The number of halogens is 2. The molecular formula is C27H34F2N8O3. The molecule has 0 aromatic carbocycles. The molecule has 3 aliphatic heterocycles. The Kier molecular flexibility index (Phi) is 6.88. The lowest BCUT2D eigenvalue weighted by atomic mass is 9.92. The van der Waals surface area contributed by atoms with E-state index in [0.717, 1.165) is 70.4 Å². The largest absolute Gasteiger partial charge is 0.375 e. The van der Waals surface area contributed by atoms with E-state index in [1.807, 2.05) is 6.07 Å². The Bertz CT molecular complexity index is 1360. The number of morpholine rings is 1. The molecule has 0 spiro atoms. The van der Waals surface area contributed by atoms with Gasteiger partial charge in [-0.05, 0) is 64.1 Å². The molecule has 11 nitrogen and oxygen atoms in total. The molecule has 1 saturated carbocycles. The van der Waals surface area contributed by atoms with Gasteiger partial charge in [0.25, 0.3) is 12.3 Å². The van der Waals surface area contributed by atoms with Gasteiger partial charge in [0.1, 0.15) is 11.4 Å². The zero-order valence-corrected chi connectivity index (χ0v) is 22.2. The maximum absolute atomic E-state index is 14.0. The zero-order valence-electron chi connectivity index (χ0n) is 22.2. The highest BCUT2D eigenvalue weighted by atomic mass is 19.3. The maximum atomic E-state index is 14.0. The number of fused-ring (bicyclic) bond motifs is 3. The minimum absolute atomic E-state index is 0.0117. The third kappa shape index (κ3) is 4.94. The van der Waals surface area contributed by atoms with E-state index in [2.05, 4.69) is 25.7 Å². The predicted molar refractivity (Wildman–Crippen MR) is 142 cm³/mol. The topological polar surface area (TPSA) is 111 Å². The summed E-state index contributed by atoms with van der Waals surface area (Å²) in [5.74, 6) is 0.199. The molecule has 4 fully saturated rings. The zero-order chi connectivity index (χ0) is 27.2. The molecule has 2 bridgehead atoms. The molecule has 0 unspecified atom stereocenters. The molecule has 6 heterocycles. The van der Waals surface area contributed by atoms with Crippen molar-refractivity contribution in [3.05, 3.63) is 35.9 Å². The van der Waals surface area contributed by atoms with Crippen LogP contribution in [0, 0.1) is 0 Å². The van der Waals surface area contributed by atoms with E-state index in [0.29, 0.717) is 18.4 Å². The summed E-state index contributed by atoms with van der Waals surface area (Å²) >= 11 is 0. The summed E-state index contributed by atoms with van der Waals surface area (Å²) in [4.78, 5) is 20.2. The van der Waals surface area contributed by atoms with Gasteiger partial charge in [0.15, 0.2) is 11.3 Å². The normalized spacial score (nSPS) is 27.2. The predicted octanol–water partition coefficient (Wildman–Crippen LogP) is 3.35. The molecule has 3 aromatic rings. The molecule has 40 heavy (non-hydrogen) atoms. The van der Waals surface area contributed by atoms with Crippen molar-refractivity contribution in [3.63, 3.8) is 0 Å². The number of alkyl halides is 2. The molecule has 3 aromatic heterocycles. The van der Waals surface area contributed by atoms with Crippen LogP contribution in [0.4, 0.5) is 20.3 Å². The number of ether oxygens (including phenoxy) is 2. The lowest BCUT2D eigenvalue weighted by molar-refractivity contribution is -0.0476. The van der Waals surface area contributed by atoms with Crippen molar-refractivity contribution >= 4 is 23.1 Å². The van der Waals surface area contributed by atoms with Gasteiger partial charge in [-0.1, -0.05) is 0 Å². The molecule has 13 heteroatoms. The van der Waals surface area contributed by atoms with Crippen molar-refractivity contribution in [2.24, 2.45) is 0 Å². The Morgan fingerprint density at radius 3 is 2.65 bits per heavy atom. The van der Waals surface area contributed by atoms with E-state index in [1.54, 1.807) is 10.9 Å². The van der Waals surface area contributed by atoms with Gasteiger partial charge in [0, 0.05) is 18.9 Å². The molecule has 1 amide bonds. The van der Waals surface area contributed by atoms with Gasteiger partial charge in [-0.3, -0.25) is 9.48 Å². The molecule has 7 rings (SSSR count). The SMILES string of the molecule is O=C(Nc1cn(C2CCC(OC3CCNCC3)CC2)nc1C(F)F)c1cnn2ccc(N3C[C@H]4C[C@@H]3CO4)nc12. The van der Waals surface area contributed by atoms with Gasteiger partial charge in [-0.25, -0.2) is 18.3 Å². The molecule has 4 aliphatic rings. The first-order valence-corrected chi connectivity index (χ1v) is 14.3.